The van der Waals surface area contributed by atoms with Gasteiger partial charge in [0.15, 0.2) is 9.84 Å². The third-order valence-corrected chi connectivity index (χ3v) is 4.65. The minimum atomic E-state index is -5.25. The monoisotopic (exact) mass is 343 g/mol. The molecule has 124 valence electrons. The van der Waals surface area contributed by atoms with Gasteiger partial charge in [0.25, 0.3) is 5.91 Å². The van der Waals surface area contributed by atoms with Crippen LogP contribution in [0.25, 0.3) is 0 Å². The predicted octanol–water partition coefficient (Wildman–Crippen LogP) is 1.87. The average molecular weight is 343 g/mol. The first-order valence-corrected chi connectivity index (χ1v) is 7.61. The molecule has 0 spiro atoms. The lowest BCUT2D eigenvalue weighted by Gasteiger charge is -2.24. The molecule has 1 rings (SSSR count). The number of halogens is 4. The maximum absolute atomic E-state index is 13.7. The SMILES string of the molecule is CCS(=O)(=O)c1ccc(NC(=O)C(C)(O)C(F)(F)F)c(F)c1. The van der Waals surface area contributed by atoms with Gasteiger partial charge in [0.2, 0.25) is 5.60 Å². The van der Waals surface area contributed by atoms with Gasteiger partial charge in [0.05, 0.1) is 16.3 Å². The van der Waals surface area contributed by atoms with Crippen LogP contribution in [-0.4, -0.2) is 37.0 Å². The van der Waals surface area contributed by atoms with Crippen LogP contribution in [0.5, 0.6) is 0 Å². The zero-order chi connectivity index (χ0) is 17.3. The van der Waals surface area contributed by atoms with E-state index < -0.39 is 39.0 Å². The van der Waals surface area contributed by atoms with Gasteiger partial charge in [-0.25, -0.2) is 12.8 Å². The lowest BCUT2D eigenvalue weighted by atomic mass is 10.1. The van der Waals surface area contributed by atoms with Crippen molar-refractivity contribution in [3.63, 3.8) is 0 Å². The first kappa shape index (κ1) is 18.4. The van der Waals surface area contributed by atoms with Crippen LogP contribution < -0.4 is 5.32 Å². The molecule has 1 aromatic rings. The van der Waals surface area contributed by atoms with Crippen LogP contribution in [0, 0.1) is 5.82 Å². The molecule has 0 aliphatic rings. The Kier molecular flexibility index (Phi) is 4.88. The van der Waals surface area contributed by atoms with Gasteiger partial charge in [-0.05, 0) is 25.1 Å². The van der Waals surface area contributed by atoms with Gasteiger partial charge in [-0.2, -0.15) is 13.2 Å². The smallest absolute Gasteiger partial charge is 0.373 e. The number of carbonyl (C=O) groups excluding carboxylic acids is 1. The second-order valence-corrected chi connectivity index (χ2v) is 6.85. The summed E-state index contributed by atoms with van der Waals surface area (Å²) in [5, 5.41) is 10.7. The summed E-state index contributed by atoms with van der Waals surface area (Å²) in [7, 11) is -3.70. The Labute approximate surface area is 123 Å². The number of hydrogen-bond acceptors (Lipinski definition) is 4. The zero-order valence-electron chi connectivity index (χ0n) is 11.5. The van der Waals surface area contributed by atoms with Crippen LogP contribution in [0.1, 0.15) is 13.8 Å². The van der Waals surface area contributed by atoms with Gasteiger partial charge in [-0.1, -0.05) is 6.92 Å². The summed E-state index contributed by atoms with van der Waals surface area (Å²) >= 11 is 0. The van der Waals surface area contributed by atoms with E-state index >= 15 is 0 Å². The fourth-order valence-electron chi connectivity index (χ4n) is 1.33. The molecule has 0 aliphatic carbocycles. The first-order valence-electron chi connectivity index (χ1n) is 5.95. The molecule has 0 saturated carbocycles. The molecule has 5 nitrogen and oxygen atoms in total. The van der Waals surface area contributed by atoms with E-state index in [0.717, 1.165) is 12.1 Å². The Hall–Kier alpha value is -1.68. The normalized spacial score (nSPS) is 15.2. The van der Waals surface area contributed by atoms with E-state index in [4.69, 9.17) is 5.11 Å². The standard InChI is InChI=1S/C12H13F4NO4S/c1-3-22(20,21)7-4-5-9(8(13)6-7)17-10(18)11(2,19)12(14,15)16/h4-6,19H,3H2,1-2H3,(H,17,18). The second kappa shape index (κ2) is 5.84. The molecule has 22 heavy (non-hydrogen) atoms. The van der Waals surface area contributed by atoms with Crippen molar-refractivity contribution in [3.8, 4) is 0 Å². The Morgan fingerprint density at radius 2 is 1.86 bits per heavy atom. The molecule has 0 aliphatic heterocycles. The predicted molar refractivity (Wildman–Crippen MR) is 69.4 cm³/mol. The van der Waals surface area contributed by atoms with Crippen molar-refractivity contribution in [2.24, 2.45) is 0 Å². The van der Waals surface area contributed by atoms with Crippen molar-refractivity contribution in [3.05, 3.63) is 24.0 Å². The van der Waals surface area contributed by atoms with Gasteiger partial charge >= 0.3 is 6.18 Å². The maximum Gasteiger partial charge on any atom is 0.426 e. The molecular weight excluding hydrogens is 330 g/mol. The summed E-state index contributed by atoms with van der Waals surface area (Å²) in [6.07, 6.45) is -5.25. The van der Waals surface area contributed by atoms with Gasteiger partial charge in [0.1, 0.15) is 5.82 Å². The number of hydrogen-bond donors (Lipinski definition) is 2. The number of alkyl halides is 3. The molecule has 0 aromatic heterocycles. The molecule has 0 bridgehead atoms. The highest BCUT2D eigenvalue weighted by atomic mass is 32.2. The largest absolute Gasteiger partial charge is 0.426 e. The highest BCUT2D eigenvalue weighted by Crippen LogP contribution is 2.31. The average Bonchev–Trinajstić information content (AvgIpc) is 2.39. The van der Waals surface area contributed by atoms with Crippen molar-refractivity contribution in [1.29, 1.82) is 0 Å². The molecule has 0 heterocycles. The van der Waals surface area contributed by atoms with Crippen LogP contribution in [0.4, 0.5) is 23.2 Å². The number of sulfone groups is 1. The Morgan fingerprint density at radius 1 is 1.32 bits per heavy atom. The summed E-state index contributed by atoms with van der Waals surface area (Å²) in [5.41, 5.74) is -4.39. The quantitative estimate of drug-likeness (QED) is 0.818. The summed E-state index contributed by atoms with van der Waals surface area (Å²) in [5.74, 6) is -3.41. The van der Waals surface area contributed by atoms with Gasteiger partial charge in [0, 0.05) is 0 Å². The number of anilines is 1. The van der Waals surface area contributed by atoms with E-state index in [9.17, 15) is 30.8 Å². The summed E-state index contributed by atoms with van der Waals surface area (Å²) in [4.78, 5) is 11.0. The summed E-state index contributed by atoms with van der Waals surface area (Å²) in [6.45, 7) is 1.56. The van der Waals surface area contributed by atoms with Crippen LogP contribution in [-0.2, 0) is 14.6 Å². The molecule has 0 fully saturated rings. The lowest BCUT2D eigenvalue weighted by molar-refractivity contribution is -0.242. The van der Waals surface area contributed by atoms with E-state index in [1.165, 1.54) is 6.92 Å². The Bertz CT molecular complexity index is 683. The minimum Gasteiger partial charge on any atom is -0.373 e. The molecule has 2 N–H and O–H groups in total. The number of rotatable bonds is 4. The molecule has 1 atom stereocenters. The van der Waals surface area contributed by atoms with E-state index in [0.29, 0.717) is 6.07 Å². The second-order valence-electron chi connectivity index (χ2n) is 4.57. The minimum absolute atomic E-state index is 0.218. The fourth-order valence-corrected chi connectivity index (χ4v) is 2.22. The van der Waals surface area contributed by atoms with Crippen molar-refractivity contribution in [2.75, 3.05) is 11.1 Å². The molecule has 10 heteroatoms. The third kappa shape index (κ3) is 3.55. The highest BCUT2D eigenvalue weighted by Gasteiger charge is 2.55. The third-order valence-electron chi connectivity index (χ3n) is 2.92. The van der Waals surface area contributed by atoms with E-state index in [1.54, 1.807) is 5.32 Å². The zero-order valence-corrected chi connectivity index (χ0v) is 12.3. The maximum atomic E-state index is 13.7. The van der Waals surface area contributed by atoms with E-state index in [1.807, 2.05) is 0 Å². The number of aliphatic hydroxyl groups is 1. The van der Waals surface area contributed by atoms with Crippen LogP contribution >= 0.6 is 0 Å². The molecule has 1 unspecified atom stereocenters. The van der Waals surface area contributed by atoms with Crippen LogP contribution in [0.15, 0.2) is 23.1 Å². The molecular formula is C12H13F4NO4S. The van der Waals surface area contributed by atoms with Crippen molar-refractivity contribution < 1.29 is 35.9 Å². The van der Waals surface area contributed by atoms with Crippen LogP contribution in [0.3, 0.4) is 0 Å². The van der Waals surface area contributed by atoms with Crippen molar-refractivity contribution in [2.45, 2.75) is 30.5 Å². The Balaban J connectivity index is 3.09. The number of nitrogens with one attached hydrogen (secondary N) is 1. The highest BCUT2D eigenvalue weighted by molar-refractivity contribution is 7.91. The topological polar surface area (TPSA) is 83.5 Å². The Morgan fingerprint density at radius 3 is 2.27 bits per heavy atom. The lowest BCUT2D eigenvalue weighted by Crippen LogP contribution is -2.52. The summed E-state index contributed by atoms with van der Waals surface area (Å²) in [6, 6.07) is 2.33. The molecule has 0 radical (unpaired) electrons. The van der Waals surface area contributed by atoms with Crippen molar-refractivity contribution >= 4 is 21.4 Å². The summed E-state index contributed by atoms with van der Waals surface area (Å²) < 4.78 is 74.2. The fraction of sp³-hybridized carbons (Fsp3) is 0.417. The number of amides is 1. The van der Waals surface area contributed by atoms with Crippen LogP contribution in [0.2, 0.25) is 0 Å². The molecule has 1 aromatic carbocycles. The van der Waals surface area contributed by atoms with E-state index in [-0.39, 0.29) is 17.6 Å². The first-order chi connectivity index (χ1) is 9.83. The van der Waals surface area contributed by atoms with Gasteiger partial charge < -0.3 is 10.4 Å². The van der Waals surface area contributed by atoms with Gasteiger partial charge in [-0.3, -0.25) is 4.79 Å². The molecule has 1 amide bonds. The number of benzene rings is 1. The number of carbonyl (C=O) groups is 1. The van der Waals surface area contributed by atoms with E-state index in [2.05, 4.69) is 0 Å². The van der Waals surface area contributed by atoms with Gasteiger partial charge in [-0.15, -0.1) is 0 Å². The van der Waals surface area contributed by atoms with Crippen molar-refractivity contribution in [1.82, 2.24) is 0 Å². The molecule has 0 saturated heterocycles.